The number of pyridine rings is 1. The Balaban J connectivity index is 3.08. The summed E-state index contributed by atoms with van der Waals surface area (Å²) in [6.07, 6.45) is -3.68. The number of anilines is 1. The molecular formula is C7H5F3N2O2. The van der Waals surface area contributed by atoms with Gasteiger partial charge in [-0.1, -0.05) is 0 Å². The summed E-state index contributed by atoms with van der Waals surface area (Å²) in [7, 11) is 0. The van der Waals surface area contributed by atoms with E-state index in [-0.39, 0.29) is 12.1 Å². The zero-order valence-electron chi connectivity index (χ0n) is 6.71. The molecule has 0 atom stereocenters. The van der Waals surface area contributed by atoms with Gasteiger partial charge in [-0.3, -0.25) is 4.79 Å². The van der Waals surface area contributed by atoms with Crippen molar-refractivity contribution < 1.29 is 22.7 Å². The first-order valence-corrected chi connectivity index (χ1v) is 3.39. The number of nitrogens with two attached hydrogens (primary N) is 1. The lowest BCUT2D eigenvalue weighted by atomic mass is 10.2. The number of carbonyl (C=O) groups is 1. The van der Waals surface area contributed by atoms with Gasteiger partial charge in [0.05, 0.1) is 5.56 Å². The van der Waals surface area contributed by atoms with Gasteiger partial charge in [0, 0.05) is 6.20 Å². The van der Waals surface area contributed by atoms with E-state index in [9.17, 15) is 18.0 Å². The molecule has 0 amide bonds. The number of carbonyl (C=O) groups excluding carboxylic acids is 1. The first kappa shape index (κ1) is 10.3. The van der Waals surface area contributed by atoms with Crippen molar-refractivity contribution in [3.8, 4) is 5.75 Å². The van der Waals surface area contributed by atoms with Gasteiger partial charge in [-0.25, -0.2) is 4.98 Å². The van der Waals surface area contributed by atoms with Crippen molar-refractivity contribution in [2.45, 2.75) is 6.36 Å². The molecule has 0 aliphatic heterocycles. The van der Waals surface area contributed by atoms with Crippen LogP contribution in [0.4, 0.5) is 19.0 Å². The molecule has 1 heterocycles. The summed E-state index contributed by atoms with van der Waals surface area (Å²) < 4.78 is 38.9. The molecule has 0 bridgehead atoms. The number of alkyl halides is 3. The lowest BCUT2D eigenvalue weighted by molar-refractivity contribution is -0.274. The van der Waals surface area contributed by atoms with Crippen LogP contribution < -0.4 is 10.5 Å². The molecule has 7 heteroatoms. The van der Waals surface area contributed by atoms with Crippen LogP contribution in [-0.2, 0) is 0 Å². The van der Waals surface area contributed by atoms with Gasteiger partial charge in [0.15, 0.2) is 6.29 Å². The van der Waals surface area contributed by atoms with Crippen molar-refractivity contribution in [3.63, 3.8) is 0 Å². The van der Waals surface area contributed by atoms with Crippen LogP contribution in [0.3, 0.4) is 0 Å². The summed E-state index contributed by atoms with van der Waals surface area (Å²) in [5.74, 6) is -0.957. The number of hydrogen-bond donors (Lipinski definition) is 1. The quantitative estimate of drug-likeness (QED) is 0.742. The van der Waals surface area contributed by atoms with E-state index >= 15 is 0 Å². The highest BCUT2D eigenvalue weighted by atomic mass is 19.4. The summed E-state index contributed by atoms with van der Waals surface area (Å²) in [4.78, 5) is 13.8. The number of aromatic nitrogens is 1. The molecule has 14 heavy (non-hydrogen) atoms. The average molecular weight is 206 g/mol. The summed E-state index contributed by atoms with van der Waals surface area (Å²) in [5.41, 5.74) is 4.75. The predicted octanol–water partition coefficient (Wildman–Crippen LogP) is 1.37. The zero-order valence-corrected chi connectivity index (χ0v) is 6.71. The average Bonchev–Trinajstić information content (AvgIpc) is 2.01. The minimum atomic E-state index is -4.86. The fraction of sp³-hybridized carbons (Fsp3) is 0.143. The lowest BCUT2D eigenvalue weighted by Crippen LogP contribution is -2.18. The molecule has 2 N–H and O–H groups in total. The normalized spacial score (nSPS) is 11.1. The first-order chi connectivity index (χ1) is 6.44. The standard InChI is InChI=1S/C7H5F3N2O2/c8-7(9,10)14-5-1-2-12-6(11)4(5)3-13/h1-3H,(H2,11,12). The SMILES string of the molecule is Nc1nccc(OC(F)(F)F)c1C=O. The van der Waals surface area contributed by atoms with Crippen molar-refractivity contribution in [1.29, 1.82) is 0 Å². The number of nitrogens with zero attached hydrogens (tertiary/aromatic N) is 1. The van der Waals surface area contributed by atoms with Crippen molar-refractivity contribution in [2.75, 3.05) is 5.73 Å². The molecule has 0 unspecified atom stereocenters. The number of hydrogen-bond acceptors (Lipinski definition) is 4. The summed E-state index contributed by atoms with van der Waals surface area (Å²) in [6, 6.07) is 0.910. The van der Waals surface area contributed by atoms with Crippen molar-refractivity contribution in [3.05, 3.63) is 17.8 Å². The minimum absolute atomic E-state index is 0.156. The highest BCUT2D eigenvalue weighted by molar-refractivity contribution is 5.85. The molecular weight excluding hydrogens is 201 g/mol. The molecule has 76 valence electrons. The molecule has 4 nitrogen and oxygen atoms in total. The molecule has 0 saturated carbocycles. The van der Waals surface area contributed by atoms with Crippen molar-refractivity contribution >= 4 is 12.1 Å². The third kappa shape index (κ3) is 2.35. The van der Waals surface area contributed by atoms with Gasteiger partial charge >= 0.3 is 6.36 Å². The van der Waals surface area contributed by atoms with Gasteiger partial charge in [0.1, 0.15) is 11.6 Å². The molecule has 0 spiro atoms. The summed E-state index contributed by atoms with van der Waals surface area (Å²) in [5, 5.41) is 0. The van der Waals surface area contributed by atoms with Gasteiger partial charge in [-0.2, -0.15) is 0 Å². The zero-order chi connectivity index (χ0) is 10.8. The van der Waals surface area contributed by atoms with Gasteiger partial charge < -0.3 is 10.5 Å². The third-order valence-electron chi connectivity index (χ3n) is 1.32. The Labute approximate surface area is 76.5 Å². The molecule has 0 fully saturated rings. The van der Waals surface area contributed by atoms with Gasteiger partial charge in [0.25, 0.3) is 0 Å². The third-order valence-corrected chi connectivity index (χ3v) is 1.32. The second kappa shape index (κ2) is 3.52. The topological polar surface area (TPSA) is 65.2 Å². The van der Waals surface area contributed by atoms with E-state index in [1.165, 1.54) is 0 Å². The van der Waals surface area contributed by atoms with E-state index < -0.39 is 17.7 Å². The van der Waals surface area contributed by atoms with E-state index in [1.54, 1.807) is 0 Å². The summed E-state index contributed by atoms with van der Waals surface area (Å²) >= 11 is 0. The van der Waals surface area contributed by atoms with Crippen LogP contribution in [0, 0.1) is 0 Å². The van der Waals surface area contributed by atoms with Crippen molar-refractivity contribution in [2.24, 2.45) is 0 Å². The van der Waals surface area contributed by atoms with E-state index in [1.807, 2.05) is 0 Å². The number of aldehydes is 1. The maximum absolute atomic E-state index is 11.8. The van der Waals surface area contributed by atoms with Crippen LogP contribution >= 0.6 is 0 Å². The molecule has 0 aromatic carbocycles. The molecule has 0 saturated heterocycles. The van der Waals surface area contributed by atoms with Crippen LogP contribution in [0.25, 0.3) is 0 Å². The highest BCUT2D eigenvalue weighted by Gasteiger charge is 2.32. The number of nitrogen functional groups attached to an aromatic ring is 1. The number of rotatable bonds is 2. The Morgan fingerprint density at radius 2 is 2.14 bits per heavy atom. The van der Waals surface area contributed by atoms with Crippen LogP contribution in [0.2, 0.25) is 0 Å². The van der Waals surface area contributed by atoms with Crippen LogP contribution in [0.1, 0.15) is 10.4 Å². The number of halogens is 3. The molecule has 1 aromatic rings. The first-order valence-electron chi connectivity index (χ1n) is 3.39. The molecule has 0 aliphatic rings. The van der Waals surface area contributed by atoms with Gasteiger partial charge in [0.2, 0.25) is 0 Å². The van der Waals surface area contributed by atoms with E-state index in [0.29, 0.717) is 0 Å². The van der Waals surface area contributed by atoms with Gasteiger partial charge in [-0.15, -0.1) is 13.2 Å². The fourth-order valence-electron chi connectivity index (χ4n) is 0.803. The Bertz CT molecular complexity index is 351. The monoisotopic (exact) mass is 206 g/mol. The predicted molar refractivity (Wildman–Crippen MR) is 40.7 cm³/mol. The van der Waals surface area contributed by atoms with Crippen LogP contribution in [0.15, 0.2) is 12.3 Å². The lowest BCUT2D eigenvalue weighted by Gasteiger charge is -2.10. The van der Waals surface area contributed by atoms with Crippen molar-refractivity contribution in [1.82, 2.24) is 4.98 Å². The Morgan fingerprint density at radius 1 is 1.50 bits per heavy atom. The Morgan fingerprint density at radius 3 is 2.64 bits per heavy atom. The molecule has 1 aromatic heterocycles. The van der Waals surface area contributed by atoms with E-state index in [0.717, 1.165) is 12.3 Å². The van der Waals surface area contributed by atoms with Crippen LogP contribution in [0.5, 0.6) is 5.75 Å². The smallest absolute Gasteiger partial charge is 0.405 e. The highest BCUT2D eigenvalue weighted by Crippen LogP contribution is 2.27. The molecule has 0 aliphatic carbocycles. The van der Waals surface area contributed by atoms with E-state index in [2.05, 4.69) is 9.72 Å². The largest absolute Gasteiger partial charge is 0.573 e. The van der Waals surface area contributed by atoms with E-state index in [4.69, 9.17) is 5.73 Å². The van der Waals surface area contributed by atoms with Crippen LogP contribution in [-0.4, -0.2) is 17.6 Å². The number of ether oxygens (including phenoxy) is 1. The summed E-state index contributed by atoms with van der Waals surface area (Å²) in [6.45, 7) is 0. The molecule has 1 rings (SSSR count). The molecule has 0 radical (unpaired) electrons. The maximum Gasteiger partial charge on any atom is 0.573 e. The maximum atomic E-state index is 11.8. The second-order valence-electron chi connectivity index (χ2n) is 2.27. The fourth-order valence-corrected chi connectivity index (χ4v) is 0.803. The Hall–Kier alpha value is -1.79. The van der Waals surface area contributed by atoms with Gasteiger partial charge in [-0.05, 0) is 6.07 Å². The second-order valence-corrected chi connectivity index (χ2v) is 2.27. The Kier molecular flexibility index (Phi) is 2.59. The minimum Gasteiger partial charge on any atom is -0.405 e.